The Balaban J connectivity index is 2.57. The monoisotopic (exact) mass is 193 g/mol. The Morgan fingerprint density at radius 2 is 2.43 bits per heavy atom. The highest BCUT2D eigenvalue weighted by molar-refractivity contribution is 5.64. The van der Waals surface area contributed by atoms with Crippen LogP contribution in [0.2, 0.25) is 0 Å². The first-order chi connectivity index (χ1) is 6.88. The van der Waals surface area contributed by atoms with Crippen LogP contribution in [-0.4, -0.2) is 18.4 Å². The van der Waals surface area contributed by atoms with Crippen LogP contribution in [0.1, 0.15) is 0 Å². The lowest BCUT2D eigenvalue weighted by molar-refractivity contribution is -0.104. The van der Waals surface area contributed by atoms with Crippen LogP contribution in [-0.2, 0) is 4.79 Å². The molecule has 2 N–H and O–H groups in total. The van der Waals surface area contributed by atoms with Gasteiger partial charge >= 0.3 is 0 Å². The Morgan fingerprint density at radius 3 is 3.14 bits per heavy atom. The highest BCUT2D eigenvalue weighted by Crippen LogP contribution is 2.18. The average molecular weight is 193 g/mol. The van der Waals surface area contributed by atoms with E-state index in [1.807, 2.05) is 0 Å². The van der Waals surface area contributed by atoms with Crippen molar-refractivity contribution in [2.45, 2.75) is 0 Å². The number of methoxy groups -OCH3 is 1. The van der Waals surface area contributed by atoms with E-state index in [-0.39, 0.29) is 0 Å². The minimum absolute atomic E-state index is 0.561. The van der Waals surface area contributed by atoms with Crippen molar-refractivity contribution in [3.63, 3.8) is 0 Å². The molecule has 0 amide bonds. The van der Waals surface area contributed by atoms with Gasteiger partial charge in [-0.25, -0.2) is 4.98 Å². The molecular weight excluding hydrogens is 182 g/mol. The molecule has 0 saturated heterocycles. The summed E-state index contributed by atoms with van der Waals surface area (Å²) in [6.07, 6.45) is 5.09. The fourth-order valence-corrected chi connectivity index (χ4v) is 0.847. The van der Waals surface area contributed by atoms with Gasteiger partial charge in [-0.3, -0.25) is 10.2 Å². The predicted octanol–water partition coefficient (Wildman–Crippen LogP) is 0.719. The van der Waals surface area contributed by atoms with Crippen LogP contribution in [0.25, 0.3) is 0 Å². The van der Waals surface area contributed by atoms with Gasteiger partial charge in [-0.05, 0) is 18.2 Å². The van der Waals surface area contributed by atoms with Gasteiger partial charge in [-0.1, -0.05) is 0 Å². The second-order valence-corrected chi connectivity index (χ2v) is 2.32. The van der Waals surface area contributed by atoms with E-state index in [1.54, 1.807) is 25.4 Å². The second kappa shape index (κ2) is 5.58. The lowest BCUT2D eigenvalue weighted by atomic mass is 10.4. The highest BCUT2D eigenvalue weighted by Gasteiger charge is 1.99. The van der Waals surface area contributed by atoms with Crippen LogP contribution < -0.4 is 15.6 Å². The van der Waals surface area contributed by atoms with Crippen LogP contribution in [0, 0.1) is 0 Å². The quantitative estimate of drug-likeness (QED) is 0.410. The van der Waals surface area contributed by atoms with Gasteiger partial charge in [0, 0.05) is 12.4 Å². The largest absolute Gasteiger partial charge is 0.493 e. The summed E-state index contributed by atoms with van der Waals surface area (Å²) in [5, 5.41) is 0. The van der Waals surface area contributed by atoms with Crippen molar-refractivity contribution in [1.82, 2.24) is 10.4 Å². The summed E-state index contributed by atoms with van der Waals surface area (Å²) in [7, 11) is 1.56. The zero-order chi connectivity index (χ0) is 10.2. The van der Waals surface area contributed by atoms with Crippen LogP contribution in [0.5, 0.6) is 5.75 Å². The number of carbonyl (C=O) groups excluding carboxylic acids is 1. The fourth-order valence-electron chi connectivity index (χ4n) is 0.847. The Morgan fingerprint density at radius 1 is 1.57 bits per heavy atom. The van der Waals surface area contributed by atoms with Gasteiger partial charge in [0.1, 0.15) is 6.29 Å². The van der Waals surface area contributed by atoms with Crippen molar-refractivity contribution >= 4 is 12.1 Å². The summed E-state index contributed by atoms with van der Waals surface area (Å²) < 4.78 is 5.04. The van der Waals surface area contributed by atoms with E-state index in [2.05, 4.69) is 15.8 Å². The zero-order valence-corrected chi connectivity index (χ0v) is 7.73. The molecule has 0 spiro atoms. The van der Waals surface area contributed by atoms with Crippen molar-refractivity contribution in [3.8, 4) is 5.75 Å². The maximum atomic E-state index is 9.94. The van der Waals surface area contributed by atoms with Crippen LogP contribution in [0.4, 0.5) is 5.82 Å². The topological polar surface area (TPSA) is 63.2 Å². The molecule has 0 saturated carbocycles. The number of aromatic nitrogens is 1. The maximum Gasteiger partial charge on any atom is 0.187 e. The maximum absolute atomic E-state index is 9.94. The number of carbonyl (C=O) groups is 1. The number of nitrogens with one attached hydrogen (secondary N) is 2. The molecule has 5 nitrogen and oxygen atoms in total. The van der Waals surface area contributed by atoms with E-state index >= 15 is 0 Å². The lowest BCUT2D eigenvalue weighted by Gasteiger charge is -2.08. The normalized spacial score (nSPS) is 9.79. The van der Waals surface area contributed by atoms with Gasteiger partial charge in [0.2, 0.25) is 0 Å². The molecule has 0 aromatic carbocycles. The Bertz CT molecular complexity index is 326. The average Bonchev–Trinajstić information content (AvgIpc) is 2.25. The minimum Gasteiger partial charge on any atom is -0.493 e. The number of hydrogen-bond acceptors (Lipinski definition) is 5. The molecular formula is C9H11N3O2. The number of aldehydes is 1. The molecule has 5 heteroatoms. The molecule has 1 aromatic rings. The summed E-state index contributed by atoms with van der Waals surface area (Å²) in [4.78, 5) is 14.0. The second-order valence-electron chi connectivity index (χ2n) is 2.32. The van der Waals surface area contributed by atoms with E-state index in [1.165, 1.54) is 12.3 Å². The molecule has 0 radical (unpaired) electrons. The third-order valence-corrected chi connectivity index (χ3v) is 1.44. The van der Waals surface area contributed by atoms with E-state index in [9.17, 15) is 4.79 Å². The molecule has 0 bridgehead atoms. The molecule has 14 heavy (non-hydrogen) atoms. The van der Waals surface area contributed by atoms with E-state index in [4.69, 9.17) is 4.74 Å². The van der Waals surface area contributed by atoms with Crippen molar-refractivity contribution in [2.75, 3.05) is 12.5 Å². The lowest BCUT2D eigenvalue weighted by Crippen LogP contribution is -2.15. The number of ether oxygens (including phenoxy) is 1. The van der Waals surface area contributed by atoms with Crippen LogP contribution in [0.15, 0.2) is 30.6 Å². The van der Waals surface area contributed by atoms with Crippen LogP contribution in [0.3, 0.4) is 0 Å². The van der Waals surface area contributed by atoms with Gasteiger partial charge in [-0.15, -0.1) is 0 Å². The molecule has 1 aromatic heterocycles. The molecule has 0 aliphatic heterocycles. The number of rotatable bonds is 5. The SMILES string of the molecule is COc1cccnc1NNC=CC=O. The number of pyridine rings is 1. The van der Waals surface area contributed by atoms with Gasteiger partial charge in [0.15, 0.2) is 11.6 Å². The summed E-state index contributed by atoms with van der Waals surface area (Å²) >= 11 is 0. The third-order valence-electron chi connectivity index (χ3n) is 1.44. The van der Waals surface area contributed by atoms with Crippen molar-refractivity contribution in [1.29, 1.82) is 0 Å². The Hall–Kier alpha value is -2.04. The molecule has 0 unspecified atom stereocenters. The van der Waals surface area contributed by atoms with Crippen molar-refractivity contribution in [3.05, 3.63) is 30.6 Å². The standard InChI is InChI=1S/C9H11N3O2/c1-14-8-4-2-5-10-9(8)12-11-6-3-7-13/h2-7,11H,1H3,(H,10,12). The number of hydrogen-bond donors (Lipinski definition) is 2. The number of anilines is 1. The molecule has 0 aliphatic rings. The smallest absolute Gasteiger partial charge is 0.187 e. The Labute approximate surface area is 81.8 Å². The number of allylic oxidation sites excluding steroid dienone is 1. The predicted molar refractivity (Wildman–Crippen MR) is 52.8 cm³/mol. The molecule has 0 fully saturated rings. The third kappa shape index (κ3) is 2.78. The van der Waals surface area contributed by atoms with Gasteiger partial charge in [0.25, 0.3) is 0 Å². The van der Waals surface area contributed by atoms with Gasteiger partial charge in [-0.2, -0.15) is 0 Å². The summed E-state index contributed by atoms with van der Waals surface area (Å²) in [6.45, 7) is 0. The summed E-state index contributed by atoms with van der Waals surface area (Å²) in [6, 6.07) is 3.55. The molecule has 0 atom stereocenters. The number of nitrogens with zero attached hydrogens (tertiary/aromatic N) is 1. The minimum atomic E-state index is 0.561. The van der Waals surface area contributed by atoms with Crippen molar-refractivity contribution < 1.29 is 9.53 Å². The summed E-state index contributed by atoms with van der Waals surface area (Å²) in [5.74, 6) is 1.19. The molecule has 0 aliphatic carbocycles. The van der Waals surface area contributed by atoms with E-state index < -0.39 is 0 Å². The van der Waals surface area contributed by atoms with Gasteiger partial charge < -0.3 is 10.2 Å². The molecule has 1 rings (SSSR count). The van der Waals surface area contributed by atoms with E-state index in [0.29, 0.717) is 17.9 Å². The molecule has 1 heterocycles. The first kappa shape index (κ1) is 10.0. The zero-order valence-electron chi connectivity index (χ0n) is 7.73. The first-order valence-electron chi connectivity index (χ1n) is 3.99. The van der Waals surface area contributed by atoms with Crippen molar-refractivity contribution in [2.24, 2.45) is 0 Å². The van der Waals surface area contributed by atoms with Gasteiger partial charge in [0.05, 0.1) is 7.11 Å². The highest BCUT2D eigenvalue weighted by atomic mass is 16.5. The summed E-state index contributed by atoms with van der Waals surface area (Å²) in [5.41, 5.74) is 5.44. The van der Waals surface area contributed by atoms with E-state index in [0.717, 1.165) is 0 Å². The number of hydrazine groups is 1. The fraction of sp³-hybridized carbons (Fsp3) is 0.111. The molecule has 74 valence electrons. The Kier molecular flexibility index (Phi) is 4.00. The van der Waals surface area contributed by atoms with Crippen LogP contribution >= 0.6 is 0 Å². The first-order valence-corrected chi connectivity index (χ1v) is 3.99.